The van der Waals surface area contributed by atoms with Crippen LogP contribution in [0.3, 0.4) is 0 Å². The van der Waals surface area contributed by atoms with Gasteiger partial charge in [-0.15, -0.1) is 4.91 Å². The number of rotatable bonds is 6. The number of halogens is 1. The molecule has 2 N–H and O–H groups in total. The Morgan fingerprint density at radius 3 is 1.25 bits per heavy atom. The van der Waals surface area contributed by atoms with Crippen LogP contribution in [0.4, 0.5) is 0 Å². The zero-order chi connectivity index (χ0) is 39.0. The molecule has 8 aromatic carbocycles. The van der Waals surface area contributed by atoms with E-state index in [9.17, 15) is 10.2 Å². The standard InChI is InChI=1S/C48H38N2O2.ClH.NO.Ru/c51-47-35(27-33-15-3-7-21-39(33)45(47)41-23-11-17-31-13-1-5-19-37(31)41)29-49-43-25-9-10-26-44(43)50-30-36-28-34-16-4-8-22-40(34)46(48(36)52)42-24-12-18-32-14-2-6-20-38(32)42;;1-2;/h1-8,11-24,27-30,43-44,51-52H,9-10,25-26H2;1H;;/q;;;+1/p-1/t43-,44-;;;/m1.../s1. The smallest absolute Gasteiger partial charge is 0.120 e. The summed E-state index contributed by atoms with van der Waals surface area (Å²) in [4.78, 5) is 17.5. The first-order chi connectivity index (χ1) is 27.6. The van der Waals surface area contributed by atoms with Crippen LogP contribution in [0.15, 0.2) is 156 Å². The van der Waals surface area contributed by atoms with Crippen LogP contribution >= 0.6 is 9.69 Å². The van der Waals surface area contributed by atoms with Gasteiger partial charge in [0.1, 0.15) is 17.1 Å². The molecule has 278 valence electrons. The number of nitroso groups, excluding NO2 is 1. The largest absolute Gasteiger partial charge is 0.120 e. The molecule has 0 spiro atoms. The second kappa shape index (κ2) is 17.8. The Morgan fingerprint density at radius 2 is 0.839 bits per heavy atom. The van der Waals surface area contributed by atoms with E-state index in [-0.39, 0.29) is 23.6 Å². The maximum absolute atomic E-state index is 11.9. The van der Waals surface area contributed by atoms with Gasteiger partial charge in [-0.1, -0.05) is 146 Å². The second-order valence-corrected chi connectivity index (χ2v) is 13.8. The Hall–Kier alpha value is -5.75. The topological polar surface area (TPSA) is 105 Å². The van der Waals surface area contributed by atoms with E-state index in [2.05, 4.69) is 94.6 Å². The monoisotopic (exact) mass is 841 g/mol. The number of hydrogen-bond acceptors (Lipinski definition) is 5. The van der Waals surface area contributed by atoms with Crippen molar-refractivity contribution in [3.8, 4) is 33.8 Å². The molecule has 2 atom stereocenters. The van der Waals surface area contributed by atoms with Gasteiger partial charge >= 0.3 is 27.0 Å². The first-order valence-corrected chi connectivity index (χ1v) is 20.7. The van der Waals surface area contributed by atoms with Gasteiger partial charge in [-0.25, -0.2) is 0 Å². The number of nitrogens with zero attached hydrogens (tertiary/aromatic N) is 3. The van der Waals surface area contributed by atoms with Crippen molar-refractivity contribution < 1.29 is 27.5 Å². The molecule has 0 unspecified atom stereocenters. The fourth-order valence-electron chi connectivity index (χ4n) is 8.14. The molecular formula is C48H38ClN3O3Ru. The number of aliphatic imine (C=N–C) groups is 2. The molecule has 0 aromatic heterocycles. The van der Waals surface area contributed by atoms with Gasteiger partial charge in [0.2, 0.25) is 0 Å². The summed E-state index contributed by atoms with van der Waals surface area (Å²) < 4.78 is 0. The maximum Gasteiger partial charge on any atom is 0.120 e. The van der Waals surface area contributed by atoms with Gasteiger partial charge in [0.15, 0.2) is 0 Å². The quantitative estimate of drug-likeness (QED) is 0.129. The second-order valence-electron chi connectivity index (χ2n) is 13.8. The van der Waals surface area contributed by atoms with Crippen molar-refractivity contribution in [1.29, 1.82) is 0 Å². The molecule has 1 saturated carbocycles. The van der Waals surface area contributed by atoms with E-state index in [4.69, 9.17) is 20.5 Å². The summed E-state index contributed by atoms with van der Waals surface area (Å²) in [6, 6.07) is 49.5. The Labute approximate surface area is 339 Å². The van der Waals surface area contributed by atoms with Crippen LogP contribution in [0.5, 0.6) is 11.5 Å². The molecule has 0 saturated heterocycles. The van der Waals surface area contributed by atoms with E-state index in [1.165, 1.54) is 0 Å². The summed E-state index contributed by atoms with van der Waals surface area (Å²) in [5.74, 6) is 0.466. The van der Waals surface area contributed by atoms with E-state index in [1.807, 2.05) is 90.4 Å². The molecule has 1 fully saturated rings. The van der Waals surface area contributed by atoms with Crippen LogP contribution < -0.4 is 5.59 Å². The minimum atomic E-state index is -0.0444. The normalized spacial score (nSPS) is 15.5. The average Bonchev–Trinajstić information content (AvgIpc) is 3.26. The summed E-state index contributed by atoms with van der Waals surface area (Å²) in [5, 5.41) is 32.4. The third-order valence-corrected chi connectivity index (χ3v) is 10.7. The van der Waals surface area contributed by atoms with Crippen LogP contribution in [0, 0.1) is 4.91 Å². The summed E-state index contributed by atoms with van der Waals surface area (Å²) in [5.41, 5.74) is 10.8. The Balaban J connectivity index is 0.00000117. The van der Waals surface area contributed by atoms with Crippen molar-refractivity contribution >= 4 is 65.2 Å². The summed E-state index contributed by atoms with van der Waals surface area (Å²) in [6.45, 7) is 0. The van der Waals surface area contributed by atoms with Crippen LogP contribution in [0.25, 0.3) is 65.3 Å². The van der Waals surface area contributed by atoms with Crippen molar-refractivity contribution in [3.63, 3.8) is 0 Å². The number of phenols is 2. The van der Waals surface area contributed by atoms with Crippen LogP contribution in [-0.2, 0) is 17.3 Å². The maximum atomic E-state index is 11.9. The Bertz CT molecular complexity index is 2540. The zero-order valence-corrected chi connectivity index (χ0v) is 32.9. The van der Waals surface area contributed by atoms with Gasteiger partial charge in [-0.2, -0.15) is 0 Å². The molecule has 1 aliphatic rings. The van der Waals surface area contributed by atoms with E-state index >= 15 is 0 Å². The average molecular weight is 841 g/mol. The summed E-state index contributed by atoms with van der Waals surface area (Å²) in [6.07, 6.45) is 7.67. The van der Waals surface area contributed by atoms with E-state index in [0.29, 0.717) is 11.1 Å². The molecule has 56 heavy (non-hydrogen) atoms. The molecular weight excluding hydrogens is 803 g/mol. The molecule has 8 aromatic rings. The third-order valence-electron chi connectivity index (χ3n) is 10.7. The molecule has 1 radical (unpaired) electrons. The minimum absolute atomic E-state index is 0.0444. The van der Waals surface area contributed by atoms with Gasteiger partial charge in [-0.3, -0.25) is 9.98 Å². The van der Waals surface area contributed by atoms with Gasteiger partial charge in [0.25, 0.3) is 0 Å². The molecule has 0 aliphatic heterocycles. The van der Waals surface area contributed by atoms with Crippen molar-refractivity contribution in [2.45, 2.75) is 37.8 Å². The molecule has 0 bridgehead atoms. The molecule has 9 rings (SSSR count). The number of hydrogen-bond donors (Lipinski definition) is 2. The Kier molecular flexibility index (Phi) is 12.2. The molecule has 1 aliphatic carbocycles. The number of fused-ring (bicyclic) bond motifs is 4. The van der Waals surface area contributed by atoms with Crippen LogP contribution in [0.1, 0.15) is 36.8 Å². The third kappa shape index (κ3) is 7.58. The summed E-state index contributed by atoms with van der Waals surface area (Å²) >= 11 is 1.82. The number of aromatic hydroxyl groups is 2. The van der Waals surface area contributed by atoms with Crippen molar-refractivity contribution in [2.75, 3.05) is 0 Å². The van der Waals surface area contributed by atoms with Crippen molar-refractivity contribution in [3.05, 3.63) is 162 Å². The first-order valence-electron chi connectivity index (χ1n) is 18.5. The van der Waals surface area contributed by atoms with E-state index in [0.717, 1.165) is 91.0 Å². The predicted molar refractivity (Wildman–Crippen MR) is 230 cm³/mol. The minimum Gasteiger partial charge on any atom is -0.120 e. The SMILES string of the molecule is Oc1c(C=N[C@@H]2CCCC[C@H]2N=Cc2cc3ccccc3c(-c3cccc4ccccc34)c2O)cc2ccccc2c1-c1cccc2ccccc12.[Cl][Ru].[N]=O. The molecule has 6 nitrogen and oxygen atoms in total. The zero-order valence-electron chi connectivity index (χ0n) is 30.4. The first kappa shape index (κ1) is 38.5. The molecule has 0 heterocycles. The van der Waals surface area contributed by atoms with E-state index < -0.39 is 0 Å². The fraction of sp³-hybridized carbons (Fsp3) is 0.125. The van der Waals surface area contributed by atoms with Crippen molar-refractivity contribution in [1.82, 2.24) is 5.59 Å². The van der Waals surface area contributed by atoms with Gasteiger partial charge in [-0.05, 0) is 79.2 Å². The van der Waals surface area contributed by atoms with Crippen LogP contribution in [0.2, 0.25) is 0 Å². The van der Waals surface area contributed by atoms with Gasteiger partial charge < -0.3 is 10.2 Å². The van der Waals surface area contributed by atoms with E-state index in [1.54, 1.807) is 0 Å². The van der Waals surface area contributed by atoms with Gasteiger partial charge in [0.05, 0.1) is 12.1 Å². The fourth-order valence-corrected chi connectivity index (χ4v) is 8.14. The number of benzene rings is 8. The van der Waals surface area contributed by atoms with Crippen LogP contribution in [-0.4, -0.2) is 34.7 Å². The van der Waals surface area contributed by atoms with Gasteiger partial charge in [0, 0.05) is 34.7 Å². The molecule has 0 amide bonds. The Morgan fingerprint density at radius 1 is 0.500 bits per heavy atom. The number of phenolic OH excluding ortho intramolecular Hbond substituents is 2. The predicted octanol–water partition coefficient (Wildman–Crippen LogP) is 12.1. The van der Waals surface area contributed by atoms with Crippen molar-refractivity contribution in [2.24, 2.45) is 9.98 Å². The molecule has 8 heteroatoms. The summed E-state index contributed by atoms with van der Waals surface area (Å²) in [7, 11) is 4.57.